The van der Waals surface area contributed by atoms with Crippen LogP contribution < -0.4 is 0 Å². The minimum Gasteiger partial charge on any atom is -0.345 e. The maximum Gasteiger partial charge on any atom is 0.112 e. The summed E-state index contributed by atoms with van der Waals surface area (Å²) in [5.41, 5.74) is 3.17. The molecule has 0 aromatic carbocycles. The number of hydrogen-bond acceptors (Lipinski definition) is 1. The van der Waals surface area contributed by atoms with Gasteiger partial charge in [0.1, 0.15) is 5.82 Å². The van der Waals surface area contributed by atoms with E-state index in [1.807, 2.05) is 0 Å². The lowest BCUT2D eigenvalue weighted by molar-refractivity contribution is 0.382. The lowest BCUT2D eigenvalue weighted by Gasteiger charge is -2.32. The third kappa shape index (κ3) is 3.26. The van der Waals surface area contributed by atoms with Gasteiger partial charge in [-0.05, 0) is 32.1 Å². The van der Waals surface area contributed by atoms with Crippen molar-refractivity contribution >= 4 is 0 Å². The predicted octanol–water partition coefficient (Wildman–Crippen LogP) is 6.25. The summed E-state index contributed by atoms with van der Waals surface area (Å²) >= 11 is 0. The molecule has 2 nitrogen and oxygen atoms in total. The standard InChI is InChI=1S/C20H38N2/c1-10-18(6,7)17-21-15(19(8,11-2)12-3)16(22-17)20(9,13-4)14-5/h10-14H2,1-9H3,(H,21,22). The Hall–Kier alpha value is -0.790. The molecule has 128 valence electrons. The van der Waals surface area contributed by atoms with Crippen LogP contribution >= 0.6 is 0 Å². The van der Waals surface area contributed by atoms with E-state index in [9.17, 15) is 0 Å². The Morgan fingerprint density at radius 2 is 1.18 bits per heavy atom. The van der Waals surface area contributed by atoms with Crippen LogP contribution in [0.5, 0.6) is 0 Å². The number of nitrogens with one attached hydrogen (secondary N) is 1. The van der Waals surface area contributed by atoms with Crippen LogP contribution in [0, 0.1) is 0 Å². The van der Waals surface area contributed by atoms with Gasteiger partial charge in [-0.3, -0.25) is 0 Å². The minimum absolute atomic E-state index is 0.109. The largest absolute Gasteiger partial charge is 0.345 e. The van der Waals surface area contributed by atoms with Gasteiger partial charge >= 0.3 is 0 Å². The molecule has 1 aromatic rings. The van der Waals surface area contributed by atoms with Gasteiger partial charge in [-0.25, -0.2) is 4.98 Å². The Morgan fingerprint density at radius 1 is 0.727 bits per heavy atom. The molecule has 0 fully saturated rings. The van der Waals surface area contributed by atoms with Gasteiger partial charge in [-0.2, -0.15) is 0 Å². The van der Waals surface area contributed by atoms with Gasteiger partial charge in [0, 0.05) is 21.9 Å². The smallest absolute Gasteiger partial charge is 0.112 e. The van der Waals surface area contributed by atoms with Crippen LogP contribution in [0.2, 0.25) is 0 Å². The average Bonchev–Trinajstić information content (AvgIpc) is 3.00. The van der Waals surface area contributed by atoms with Crippen LogP contribution in [0.15, 0.2) is 0 Å². The van der Waals surface area contributed by atoms with Gasteiger partial charge in [-0.15, -0.1) is 0 Å². The van der Waals surface area contributed by atoms with Crippen molar-refractivity contribution in [2.45, 2.75) is 111 Å². The summed E-state index contributed by atoms with van der Waals surface area (Å²) in [6.45, 7) is 20.8. The number of H-pyrrole nitrogens is 1. The molecule has 1 aromatic heterocycles. The van der Waals surface area contributed by atoms with Gasteiger partial charge in [0.15, 0.2) is 0 Å². The number of aromatic nitrogens is 2. The molecule has 0 aliphatic heterocycles. The first-order valence-corrected chi connectivity index (χ1v) is 9.25. The third-order valence-electron chi connectivity index (χ3n) is 6.53. The van der Waals surface area contributed by atoms with Crippen LogP contribution in [0.25, 0.3) is 0 Å². The molecule has 1 heterocycles. The van der Waals surface area contributed by atoms with E-state index in [1.165, 1.54) is 17.2 Å². The minimum atomic E-state index is 0.109. The highest BCUT2D eigenvalue weighted by Crippen LogP contribution is 2.41. The molecule has 0 saturated carbocycles. The lowest BCUT2D eigenvalue weighted by atomic mass is 9.73. The number of imidazole rings is 1. The third-order valence-corrected chi connectivity index (χ3v) is 6.53. The highest BCUT2D eigenvalue weighted by atomic mass is 15.0. The molecule has 0 spiro atoms. The van der Waals surface area contributed by atoms with Crippen molar-refractivity contribution in [3.8, 4) is 0 Å². The first-order valence-electron chi connectivity index (χ1n) is 9.25. The van der Waals surface area contributed by atoms with E-state index in [0.29, 0.717) is 0 Å². The van der Waals surface area contributed by atoms with Crippen molar-refractivity contribution in [1.29, 1.82) is 0 Å². The second-order valence-electron chi connectivity index (χ2n) is 8.08. The molecular formula is C20H38N2. The fourth-order valence-corrected chi connectivity index (χ4v) is 2.92. The predicted molar refractivity (Wildman–Crippen MR) is 97.8 cm³/mol. The van der Waals surface area contributed by atoms with E-state index in [1.54, 1.807) is 0 Å². The first kappa shape index (κ1) is 19.3. The number of aromatic amines is 1. The zero-order chi connectivity index (χ0) is 17.2. The molecule has 0 atom stereocenters. The van der Waals surface area contributed by atoms with Gasteiger partial charge in [-0.1, -0.05) is 62.3 Å². The molecule has 0 saturated heterocycles. The molecule has 0 bridgehead atoms. The normalized spacial score (nSPS) is 13.7. The van der Waals surface area contributed by atoms with Crippen LogP contribution in [0.4, 0.5) is 0 Å². The topological polar surface area (TPSA) is 28.7 Å². The van der Waals surface area contributed by atoms with E-state index in [4.69, 9.17) is 4.98 Å². The highest BCUT2D eigenvalue weighted by molar-refractivity contribution is 5.32. The van der Waals surface area contributed by atoms with Crippen LogP contribution in [-0.4, -0.2) is 9.97 Å². The lowest BCUT2D eigenvalue weighted by Crippen LogP contribution is -2.29. The van der Waals surface area contributed by atoms with Crippen molar-refractivity contribution in [2.75, 3.05) is 0 Å². The number of hydrogen-bond donors (Lipinski definition) is 1. The fourth-order valence-electron chi connectivity index (χ4n) is 2.92. The summed E-state index contributed by atoms with van der Waals surface area (Å²) in [6.07, 6.45) is 5.67. The summed E-state index contributed by atoms with van der Waals surface area (Å²) in [7, 11) is 0. The van der Waals surface area contributed by atoms with Crippen molar-refractivity contribution in [3.63, 3.8) is 0 Å². The molecule has 0 aliphatic rings. The van der Waals surface area contributed by atoms with Crippen LogP contribution in [-0.2, 0) is 16.2 Å². The SMILES string of the molecule is CCC(C)(C)c1nc(C(C)(CC)CC)c(C(C)(CC)CC)[nH]1. The van der Waals surface area contributed by atoms with E-state index in [-0.39, 0.29) is 16.2 Å². The Labute approximate surface area is 138 Å². The monoisotopic (exact) mass is 306 g/mol. The first-order chi connectivity index (χ1) is 10.1. The zero-order valence-electron chi connectivity index (χ0n) is 16.5. The van der Waals surface area contributed by atoms with E-state index < -0.39 is 0 Å². The maximum atomic E-state index is 5.17. The molecule has 1 N–H and O–H groups in total. The highest BCUT2D eigenvalue weighted by Gasteiger charge is 2.38. The summed E-state index contributed by atoms with van der Waals surface area (Å²) in [4.78, 5) is 8.95. The average molecular weight is 307 g/mol. The van der Waals surface area contributed by atoms with E-state index >= 15 is 0 Å². The second-order valence-corrected chi connectivity index (χ2v) is 8.08. The Bertz CT molecular complexity index is 438. The number of rotatable bonds is 8. The summed E-state index contributed by atoms with van der Waals surface area (Å²) in [5.74, 6) is 1.17. The van der Waals surface area contributed by atoms with Crippen LogP contribution in [0.3, 0.4) is 0 Å². The Kier molecular flexibility index (Phi) is 5.92. The molecule has 0 amide bonds. The van der Waals surface area contributed by atoms with Crippen molar-refractivity contribution in [1.82, 2.24) is 9.97 Å². The summed E-state index contributed by atoms with van der Waals surface area (Å²) in [6, 6.07) is 0. The maximum absolute atomic E-state index is 5.17. The molecule has 0 aliphatic carbocycles. The second kappa shape index (κ2) is 6.76. The zero-order valence-corrected chi connectivity index (χ0v) is 16.5. The van der Waals surface area contributed by atoms with E-state index in [0.717, 1.165) is 32.1 Å². The van der Waals surface area contributed by atoms with Gasteiger partial charge < -0.3 is 4.98 Å². The summed E-state index contributed by atoms with van der Waals surface area (Å²) < 4.78 is 0. The molecule has 1 rings (SSSR count). The van der Waals surface area contributed by atoms with Gasteiger partial charge in [0.05, 0.1) is 5.69 Å². The van der Waals surface area contributed by atoms with Crippen molar-refractivity contribution in [2.24, 2.45) is 0 Å². The molecule has 2 heteroatoms. The van der Waals surface area contributed by atoms with Gasteiger partial charge in [0.2, 0.25) is 0 Å². The fraction of sp³-hybridized carbons (Fsp3) is 0.850. The van der Waals surface area contributed by atoms with Gasteiger partial charge in [0.25, 0.3) is 0 Å². The molecule has 0 unspecified atom stereocenters. The molecule has 22 heavy (non-hydrogen) atoms. The van der Waals surface area contributed by atoms with Crippen LogP contribution in [0.1, 0.15) is 112 Å². The van der Waals surface area contributed by atoms with Crippen molar-refractivity contribution < 1.29 is 0 Å². The number of nitrogens with zero attached hydrogens (tertiary/aromatic N) is 1. The molecular weight excluding hydrogens is 268 g/mol. The Balaban J connectivity index is 3.60. The Morgan fingerprint density at radius 3 is 1.55 bits per heavy atom. The summed E-state index contributed by atoms with van der Waals surface area (Å²) in [5, 5.41) is 0. The quantitative estimate of drug-likeness (QED) is 0.604. The molecule has 0 radical (unpaired) electrons. The van der Waals surface area contributed by atoms with E-state index in [2.05, 4.69) is 67.3 Å². The van der Waals surface area contributed by atoms with Crippen molar-refractivity contribution in [3.05, 3.63) is 17.2 Å².